The van der Waals surface area contributed by atoms with Crippen LogP contribution in [0, 0.1) is 17.8 Å². The van der Waals surface area contributed by atoms with Gasteiger partial charge in [0.2, 0.25) is 0 Å². The summed E-state index contributed by atoms with van der Waals surface area (Å²) in [5, 5.41) is 0. The lowest BCUT2D eigenvalue weighted by Gasteiger charge is -2.31. The smallest absolute Gasteiger partial charge is 0.157 e. The van der Waals surface area contributed by atoms with E-state index in [0.717, 1.165) is 25.6 Å². The Kier molecular flexibility index (Phi) is 7.40. The first kappa shape index (κ1) is 16.3. The lowest BCUT2D eigenvalue weighted by molar-refractivity contribution is -0.205. The van der Waals surface area contributed by atoms with Gasteiger partial charge in [0.05, 0.1) is 13.2 Å². The van der Waals surface area contributed by atoms with Gasteiger partial charge in [0, 0.05) is 11.5 Å². The van der Waals surface area contributed by atoms with Gasteiger partial charge in [-0.2, -0.15) is 0 Å². The van der Waals surface area contributed by atoms with Crippen molar-refractivity contribution in [3.8, 4) is 0 Å². The Labute approximate surface area is 128 Å². The van der Waals surface area contributed by atoms with Crippen molar-refractivity contribution in [3.05, 3.63) is 11.6 Å². The zero-order valence-corrected chi connectivity index (χ0v) is 13.5. The first-order chi connectivity index (χ1) is 9.81. The Hall–Kier alpha value is -0.0500. The Morgan fingerprint density at radius 1 is 0.950 bits per heavy atom. The second-order valence-corrected chi connectivity index (χ2v) is 6.68. The third kappa shape index (κ3) is 5.38. The molecule has 0 atom stereocenters. The molecule has 1 saturated heterocycles. The normalized spacial score (nSPS) is 35.5. The molecule has 0 aromatic heterocycles. The Bertz CT molecular complexity index is 277. The van der Waals surface area contributed by atoms with Gasteiger partial charge in [-0.25, -0.2) is 0 Å². The summed E-state index contributed by atoms with van der Waals surface area (Å²) in [7, 11) is 0. The van der Waals surface area contributed by atoms with Gasteiger partial charge in [0.25, 0.3) is 0 Å². The Morgan fingerprint density at radius 2 is 1.65 bits per heavy atom. The van der Waals surface area contributed by atoms with E-state index in [1.165, 1.54) is 44.9 Å². The molecule has 20 heavy (non-hydrogen) atoms. The third-order valence-corrected chi connectivity index (χ3v) is 4.92. The quantitative estimate of drug-likeness (QED) is 0.678. The molecule has 3 heteroatoms. The van der Waals surface area contributed by atoms with Gasteiger partial charge in [-0.1, -0.05) is 31.0 Å². The molecule has 0 aromatic rings. The minimum atomic E-state index is 0.0589. The van der Waals surface area contributed by atoms with Crippen molar-refractivity contribution in [2.45, 2.75) is 64.6 Å². The molecular weight excluding hydrogens is 272 g/mol. The van der Waals surface area contributed by atoms with E-state index in [4.69, 9.17) is 21.1 Å². The topological polar surface area (TPSA) is 18.5 Å². The summed E-state index contributed by atoms with van der Waals surface area (Å²) < 4.78 is 11.7. The number of hydrogen-bond donors (Lipinski definition) is 0. The van der Waals surface area contributed by atoms with E-state index in [9.17, 15) is 0 Å². The standard InChI is InChI=1S/C17H29ClO2/c1-2-3-16-12-19-17(20-13-16)9-8-14-4-6-15(7-5-14)10-11-18/h10-11,14-17H,2-9,12-13H2,1H3. The van der Waals surface area contributed by atoms with Crippen molar-refractivity contribution in [2.75, 3.05) is 13.2 Å². The van der Waals surface area contributed by atoms with E-state index in [1.807, 2.05) is 0 Å². The first-order valence-electron chi connectivity index (χ1n) is 8.31. The minimum Gasteiger partial charge on any atom is -0.352 e. The summed E-state index contributed by atoms with van der Waals surface area (Å²) in [6, 6.07) is 0. The predicted molar refractivity (Wildman–Crippen MR) is 83.8 cm³/mol. The highest BCUT2D eigenvalue weighted by atomic mass is 35.5. The van der Waals surface area contributed by atoms with Gasteiger partial charge in [0.15, 0.2) is 6.29 Å². The summed E-state index contributed by atoms with van der Waals surface area (Å²) in [5.74, 6) is 2.19. The average Bonchev–Trinajstić information content (AvgIpc) is 2.49. The SMILES string of the molecule is CCCC1COC(CCC2CCC(C=CCl)CC2)OC1. The van der Waals surface area contributed by atoms with Gasteiger partial charge < -0.3 is 9.47 Å². The lowest BCUT2D eigenvalue weighted by atomic mass is 9.80. The van der Waals surface area contributed by atoms with Crippen LogP contribution in [0.2, 0.25) is 0 Å². The molecule has 2 rings (SSSR count). The monoisotopic (exact) mass is 300 g/mol. The van der Waals surface area contributed by atoms with E-state index in [2.05, 4.69) is 13.0 Å². The molecule has 2 nitrogen and oxygen atoms in total. The van der Waals surface area contributed by atoms with Crippen LogP contribution in [0.1, 0.15) is 58.3 Å². The fourth-order valence-corrected chi connectivity index (χ4v) is 3.67. The number of ether oxygens (including phenoxy) is 2. The van der Waals surface area contributed by atoms with E-state index < -0.39 is 0 Å². The minimum absolute atomic E-state index is 0.0589. The van der Waals surface area contributed by atoms with E-state index in [-0.39, 0.29) is 6.29 Å². The Morgan fingerprint density at radius 3 is 2.25 bits per heavy atom. The summed E-state index contributed by atoms with van der Waals surface area (Å²) in [6.45, 7) is 4.01. The van der Waals surface area contributed by atoms with Gasteiger partial charge >= 0.3 is 0 Å². The van der Waals surface area contributed by atoms with Crippen LogP contribution >= 0.6 is 11.6 Å². The summed E-state index contributed by atoms with van der Waals surface area (Å²) in [4.78, 5) is 0. The fourth-order valence-electron chi connectivity index (χ4n) is 3.47. The molecule has 0 bridgehead atoms. The summed E-state index contributed by atoms with van der Waals surface area (Å²) in [5.41, 5.74) is 1.68. The molecular formula is C17H29ClO2. The van der Waals surface area contributed by atoms with Crippen LogP contribution in [0.15, 0.2) is 11.6 Å². The molecule has 1 heterocycles. The summed E-state index contributed by atoms with van der Waals surface area (Å²) in [6.07, 6.45) is 12.2. The number of halogens is 1. The van der Waals surface area contributed by atoms with Gasteiger partial charge in [0.1, 0.15) is 0 Å². The maximum atomic E-state index is 5.84. The van der Waals surface area contributed by atoms with E-state index >= 15 is 0 Å². The number of allylic oxidation sites excluding steroid dienone is 1. The van der Waals surface area contributed by atoms with Crippen molar-refractivity contribution >= 4 is 11.6 Å². The van der Waals surface area contributed by atoms with Crippen LogP contribution in [-0.2, 0) is 9.47 Å². The molecule has 2 fully saturated rings. The first-order valence-corrected chi connectivity index (χ1v) is 8.75. The maximum Gasteiger partial charge on any atom is 0.157 e. The highest BCUT2D eigenvalue weighted by Gasteiger charge is 2.24. The zero-order chi connectivity index (χ0) is 14.2. The van der Waals surface area contributed by atoms with Crippen molar-refractivity contribution in [1.82, 2.24) is 0 Å². The third-order valence-electron chi connectivity index (χ3n) is 4.78. The van der Waals surface area contributed by atoms with E-state index in [0.29, 0.717) is 11.8 Å². The maximum absolute atomic E-state index is 5.84. The molecule has 1 aliphatic heterocycles. The molecule has 1 aliphatic carbocycles. The molecule has 1 saturated carbocycles. The number of rotatable bonds is 6. The molecule has 116 valence electrons. The summed E-state index contributed by atoms with van der Waals surface area (Å²) >= 11 is 5.65. The molecule has 2 aliphatic rings. The molecule has 0 radical (unpaired) electrons. The average molecular weight is 301 g/mol. The van der Waals surface area contributed by atoms with Crippen LogP contribution in [0.4, 0.5) is 0 Å². The molecule has 0 amide bonds. The fraction of sp³-hybridized carbons (Fsp3) is 0.882. The van der Waals surface area contributed by atoms with Crippen molar-refractivity contribution in [2.24, 2.45) is 17.8 Å². The molecule has 0 unspecified atom stereocenters. The van der Waals surface area contributed by atoms with Crippen LogP contribution in [0.3, 0.4) is 0 Å². The molecule has 0 spiro atoms. The van der Waals surface area contributed by atoms with Crippen LogP contribution in [-0.4, -0.2) is 19.5 Å². The van der Waals surface area contributed by atoms with Crippen LogP contribution in [0.25, 0.3) is 0 Å². The van der Waals surface area contributed by atoms with Crippen LogP contribution < -0.4 is 0 Å². The predicted octanol–water partition coefficient (Wildman–Crippen LogP) is 5.11. The zero-order valence-electron chi connectivity index (χ0n) is 12.7. The van der Waals surface area contributed by atoms with Crippen LogP contribution in [0.5, 0.6) is 0 Å². The Balaban J connectivity index is 1.58. The van der Waals surface area contributed by atoms with Crippen molar-refractivity contribution < 1.29 is 9.47 Å². The second kappa shape index (κ2) is 9.07. The van der Waals surface area contributed by atoms with Gasteiger partial charge in [-0.05, 0) is 56.8 Å². The van der Waals surface area contributed by atoms with E-state index in [1.54, 1.807) is 5.54 Å². The molecule has 0 N–H and O–H groups in total. The number of hydrogen-bond acceptors (Lipinski definition) is 2. The van der Waals surface area contributed by atoms with Crippen molar-refractivity contribution in [3.63, 3.8) is 0 Å². The van der Waals surface area contributed by atoms with Gasteiger partial charge in [-0.3, -0.25) is 0 Å². The lowest BCUT2D eigenvalue weighted by Crippen LogP contribution is -2.32. The van der Waals surface area contributed by atoms with Crippen molar-refractivity contribution in [1.29, 1.82) is 0 Å². The molecule has 0 aromatic carbocycles. The highest BCUT2D eigenvalue weighted by molar-refractivity contribution is 6.25. The highest BCUT2D eigenvalue weighted by Crippen LogP contribution is 2.33. The largest absolute Gasteiger partial charge is 0.352 e. The second-order valence-electron chi connectivity index (χ2n) is 6.43. The van der Waals surface area contributed by atoms with Gasteiger partial charge in [-0.15, -0.1) is 0 Å².